The number of ether oxygens (including phenoxy) is 4. The molecule has 1 unspecified atom stereocenters. The first-order valence-corrected chi connectivity index (χ1v) is 8.95. The lowest BCUT2D eigenvalue weighted by atomic mass is 10.1. The van der Waals surface area contributed by atoms with E-state index in [1.807, 2.05) is 27.7 Å². The van der Waals surface area contributed by atoms with Crippen LogP contribution in [0.4, 0.5) is 5.69 Å². The number of esters is 1. The molecular weight excluding hydrogens is 354 g/mol. The maximum absolute atomic E-state index is 11.9. The van der Waals surface area contributed by atoms with Gasteiger partial charge in [-0.1, -0.05) is 13.8 Å². The predicted octanol–water partition coefficient (Wildman–Crippen LogP) is 4.06. The summed E-state index contributed by atoms with van der Waals surface area (Å²) in [7, 11) is 1.44. The molecule has 1 rings (SSSR count). The summed E-state index contributed by atoms with van der Waals surface area (Å²) >= 11 is 0. The van der Waals surface area contributed by atoms with Gasteiger partial charge in [0.15, 0.2) is 11.5 Å². The van der Waals surface area contributed by atoms with Crippen LogP contribution in [0, 0.1) is 16.0 Å². The summed E-state index contributed by atoms with van der Waals surface area (Å²) in [5.41, 5.74) is 0.0557. The number of benzene rings is 1. The monoisotopic (exact) mass is 383 g/mol. The Morgan fingerprint density at radius 3 is 2.30 bits per heavy atom. The highest BCUT2D eigenvalue weighted by Gasteiger charge is 2.26. The third kappa shape index (κ3) is 7.42. The van der Waals surface area contributed by atoms with E-state index in [-0.39, 0.29) is 42.0 Å². The van der Waals surface area contributed by atoms with E-state index in [4.69, 9.17) is 18.9 Å². The number of hydrogen-bond donors (Lipinski definition) is 0. The molecule has 0 spiro atoms. The minimum Gasteiger partial charge on any atom is -0.493 e. The fourth-order valence-corrected chi connectivity index (χ4v) is 2.40. The topological polar surface area (TPSA) is 97.1 Å². The fraction of sp³-hybridized carbons (Fsp3) is 0.632. The van der Waals surface area contributed by atoms with Crippen LogP contribution in [0.3, 0.4) is 0 Å². The first-order chi connectivity index (χ1) is 12.6. The quantitative estimate of drug-likeness (QED) is 0.246. The number of hydrogen-bond acceptors (Lipinski definition) is 7. The van der Waals surface area contributed by atoms with E-state index in [2.05, 4.69) is 0 Å². The summed E-state index contributed by atoms with van der Waals surface area (Å²) in [6.07, 6.45) is -0.482. The van der Waals surface area contributed by atoms with E-state index in [1.165, 1.54) is 19.2 Å². The molecule has 27 heavy (non-hydrogen) atoms. The zero-order valence-corrected chi connectivity index (χ0v) is 16.8. The van der Waals surface area contributed by atoms with Crippen LogP contribution in [-0.2, 0) is 14.3 Å². The van der Waals surface area contributed by atoms with Crippen LogP contribution in [0.2, 0.25) is 0 Å². The highest BCUT2D eigenvalue weighted by molar-refractivity contribution is 5.70. The molecule has 0 bridgehead atoms. The molecular formula is C19H29NO7. The number of carbonyl (C=O) groups is 1. The molecule has 0 saturated carbocycles. The van der Waals surface area contributed by atoms with E-state index >= 15 is 0 Å². The lowest BCUT2D eigenvalue weighted by Gasteiger charge is -2.17. The van der Waals surface area contributed by atoms with E-state index in [0.717, 1.165) is 0 Å². The lowest BCUT2D eigenvalue weighted by molar-refractivity contribution is -0.386. The van der Waals surface area contributed by atoms with Crippen LogP contribution < -0.4 is 9.47 Å². The van der Waals surface area contributed by atoms with E-state index < -0.39 is 17.0 Å². The third-order valence-corrected chi connectivity index (χ3v) is 3.62. The summed E-state index contributed by atoms with van der Waals surface area (Å²) in [6, 6.07) is 2.76. The molecule has 1 aromatic rings. The van der Waals surface area contributed by atoms with Crippen molar-refractivity contribution >= 4 is 11.7 Å². The summed E-state index contributed by atoms with van der Waals surface area (Å²) < 4.78 is 21.6. The van der Waals surface area contributed by atoms with Crippen LogP contribution in [0.25, 0.3) is 0 Å². The molecule has 0 heterocycles. The minimum atomic E-state index is -0.788. The van der Waals surface area contributed by atoms with Crippen LogP contribution in [0.15, 0.2) is 12.1 Å². The van der Waals surface area contributed by atoms with Gasteiger partial charge in [-0.25, -0.2) is 0 Å². The number of carbonyl (C=O) groups excluding carboxylic acids is 1. The minimum absolute atomic E-state index is 0.0635. The van der Waals surface area contributed by atoms with Crippen molar-refractivity contribution in [1.29, 1.82) is 0 Å². The van der Waals surface area contributed by atoms with E-state index in [1.54, 1.807) is 6.92 Å². The average molecular weight is 383 g/mol. The fourth-order valence-electron chi connectivity index (χ4n) is 2.40. The van der Waals surface area contributed by atoms with Gasteiger partial charge in [0.05, 0.1) is 36.4 Å². The molecule has 0 aliphatic rings. The Labute approximate surface area is 159 Å². The Hall–Kier alpha value is -2.35. The molecule has 0 aromatic heterocycles. The standard InChI is InChI=1S/C19H29NO7/c1-12(2)9-19(21)27-14(5)15-10-17(24-6)18(11-16(15)20(22)23)26-8-7-25-13(3)4/h10-14H,7-9H2,1-6H3. The van der Waals surface area contributed by atoms with Crippen molar-refractivity contribution in [3.63, 3.8) is 0 Å². The predicted molar refractivity (Wildman–Crippen MR) is 100 cm³/mol. The first-order valence-electron chi connectivity index (χ1n) is 8.95. The number of nitrogens with zero attached hydrogens (tertiary/aromatic N) is 1. The molecule has 1 atom stereocenters. The molecule has 0 N–H and O–H groups in total. The summed E-state index contributed by atoms with van der Waals surface area (Å²) in [5, 5.41) is 11.5. The summed E-state index contributed by atoms with van der Waals surface area (Å²) in [6.45, 7) is 9.77. The molecule has 1 aromatic carbocycles. The highest BCUT2D eigenvalue weighted by atomic mass is 16.6. The van der Waals surface area contributed by atoms with Crippen molar-refractivity contribution in [3.05, 3.63) is 27.8 Å². The highest BCUT2D eigenvalue weighted by Crippen LogP contribution is 2.38. The first kappa shape index (κ1) is 22.7. The second-order valence-corrected chi connectivity index (χ2v) is 6.82. The van der Waals surface area contributed by atoms with Crippen molar-refractivity contribution in [2.24, 2.45) is 5.92 Å². The Morgan fingerprint density at radius 2 is 1.78 bits per heavy atom. The molecule has 152 valence electrons. The molecule has 8 heteroatoms. The maximum Gasteiger partial charge on any atom is 0.306 e. The van der Waals surface area contributed by atoms with Gasteiger partial charge in [0, 0.05) is 6.42 Å². The van der Waals surface area contributed by atoms with Crippen molar-refractivity contribution < 1.29 is 28.7 Å². The molecule has 0 aliphatic carbocycles. The van der Waals surface area contributed by atoms with Gasteiger partial charge in [0.1, 0.15) is 12.7 Å². The van der Waals surface area contributed by atoms with Crippen LogP contribution in [0.1, 0.15) is 52.7 Å². The average Bonchev–Trinajstić information content (AvgIpc) is 2.56. The Bertz CT molecular complexity index is 643. The summed E-state index contributed by atoms with van der Waals surface area (Å²) in [4.78, 5) is 22.9. The molecule has 0 radical (unpaired) electrons. The van der Waals surface area contributed by atoms with E-state index in [0.29, 0.717) is 12.4 Å². The lowest BCUT2D eigenvalue weighted by Crippen LogP contribution is -2.14. The molecule has 0 fully saturated rings. The molecule has 0 amide bonds. The van der Waals surface area contributed by atoms with Crippen LogP contribution in [0.5, 0.6) is 11.5 Å². The van der Waals surface area contributed by atoms with Gasteiger partial charge >= 0.3 is 5.97 Å². The van der Waals surface area contributed by atoms with Crippen molar-refractivity contribution in [2.45, 2.75) is 53.2 Å². The molecule has 0 aliphatic heterocycles. The number of nitro groups is 1. The SMILES string of the molecule is COc1cc(C(C)OC(=O)CC(C)C)c([N+](=O)[O-])cc1OCCOC(C)C. The molecule has 8 nitrogen and oxygen atoms in total. The largest absolute Gasteiger partial charge is 0.493 e. The second kappa shape index (κ2) is 10.7. The van der Waals surface area contributed by atoms with Gasteiger partial charge in [-0.3, -0.25) is 14.9 Å². The van der Waals surface area contributed by atoms with Crippen molar-refractivity contribution in [1.82, 2.24) is 0 Å². The third-order valence-electron chi connectivity index (χ3n) is 3.62. The van der Waals surface area contributed by atoms with Gasteiger partial charge in [0.2, 0.25) is 0 Å². The van der Waals surface area contributed by atoms with Gasteiger partial charge in [-0.15, -0.1) is 0 Å². The van der Waals surface area contributed by atoms with Gasteiger partial charge in [0.25, 0.3) is 5.69 Å². The maximum atomic E-state index is 11.9. The number of rotatable bonds is 11. The zero-order valence-electron chi connectivity index (χ0n) is 16.8. The normalized spacial score (nSPS) is 12.1. The Kier molecular flexibility index (Phi) is 9.00. The van der Waals surface area contributed by atoms with Gasteiger partial charge in [-0.2, -0.15) is 0 Å². The van der Waals surface area contributed by atoms with Crippen LogP contribution >= 0.6 is 0 Å². The smallest absolute Gasteiger partial charge is 0.306 e. The Morgan fingerprint density at radius 1 is 1.11 bits per heavy atom. The number of nitro benzene ring substituents is 1. The van der Waals surface area contributed by atoms with Crippen molar-refractivity contribution in [3.8, 4) is 11.5 Å². The Balaban J connectivity index is 3.03. The van der Waals surface area contributed by atoms with Crippen LogP contribution in [-0.4, -0.2) is 37.3 Å². The molecule has 0 saturated heterocycles. The van der Waals surface area contributed by atoms with E-state index in [9.17, 15) is 14.9 Å². The second-order valence-electron chi connectivity index (χ2n) is 6.82. The number of methoxy groups -OCH3 is 1. The van der Waals surface area contributed by atoms with Crippen molar-refractivity contribution in [2.75, 3.05) is 20.3 Å². The zero-order chi connectivity index (χ0) is 20.6. The van der Waals surface area contributed by atoms with Gasteiger partial charge in [-0.05, 0) is 32.8 Å². The summed E-state index contributed by atoms with van der Waals surface area (Å²) in [5.74, 6) is 0.294. The van der Waals surface area contributed by atoms with Gasteiger partial charge < -0.3 is 18.9 Å².